The Morgan fingerprint density at radius 3 is 2.50 bits per heavy atom. The van der Waals surface area contributed by atoms with Gasteiger partial charge in [-0.1, -0.05) is 29.3 Å². The summed E-state index contributed by atoms with van der Waals surface area (Å²) in [6, 6.07) is 2.06. The summed E-state index contributed by atoms with van der Waals surface area (Å²) in [5, 5.41) is 9.60. The predicted molar refractivity (Wildman–Crippen MR) is 53.9 cm³/mol. The van der Waals surface area contributed by atoms with Gasteiger partial charge in [-0.05, 0) is 24.1 Å². The number of halogens is 3. The lowest BCUT2D eigenvalue weighted by molar-refractivity contribution is 0.165. The van der Waals surface area contributed by atoms with E-state index in [-0.39, 0.29) is 0 Å². The molecule has 0 amide bonds. The fourth-order valence-electron chi connectivity index (χ4n) is 1.22. The van der Waals surface area contributed by atoms with E-state index in [1.54, 1.807) is 0 Å². The first-order chi connectivity index (χ1) is 6.56. The number of aliphatic hydroxyl groups excluding tert-OH is 1. The van der Waals surface area contributed by atoms with Crippen LogP contribution < -0.4 is 0 Å². The highest BCUT2D eigenvalue weighted by atomic mass is 79.9. The topological polar surface area (TPSA) is 20.2 Å². The number of hydrogen-bond acceptors (Lipinski definition) is 1. The van der Waals surface area contributed by atoms with Gasteiger partial charge >= 0.3 is 0 Å². The van der Waals surface area contributed by atoms with Gasteiger partial charge in [0.2, 0.25) is 0 Å². The molecule has 1 aromatic carbocycles. The Balaban J connectivity index is 3.02. The minimum atomic E-state index is -0.932. The first-order valence-corrected chi connectivity index (χ1v) is 5.18. The van der Waals surface area contributed by atoms with Crippen LogP contribution in [0.25, 0.3) is 0 Å². The van der Waals surface area contributed by atoms with E-state index in [1.165, 1.54) is 0 Å². The van der Waals surface area contributed by atoms with Crippen LogP contribution in [0.2, 0.25) is 0 Å². The Bertz CT molecular complexity index is 328. The summed E-state index contributed by atoms with van der Waals surface area (Å²) in [4.78, 5) is 0. The minimum absolute atomic E-state index is 0.394. The van der Waals surface area contributed by atoms with Gasteiger partial charge in [0.15, 0.2) is 11.6 Å². The Morgan fingerprint density at radius 1 is 1.36 bits per heavy atom. The van der Waals surface area contributed by atoms with Gasteiger partial charge in [0.05, 0.1) is 6.10 Å². The number of benzene rings is 1. The van der Waals surface area contributed by atoms with Crippen molar-refractivity contribution < 1.29 is 13.9 Å². The fourth-order valence-corrected chi connectivity index (χ4v) is 1.80. The van der Waals surface area contributed by atoms with Gasteiger partial charge in [-0.25, -0.2) is 8.78 Å². The third kappa shape index (κ3) is 2.51. The first kappa shape index (κ1) is 11.6. The molecular formula is C10H11BrF2O. The maximum Gasteiger partial charge on any atom is 0.159 e. The normalized spacial score (nSPS) is 12.9. The van der Waals surface area contributed by atoms with Crippen LogP contribution in [-0.2, 0) is 0 Å². The highest BCUT2D eigenvalue weighted by molar-refractivity contribution is 9.10. The highest BCUT2D eigenvalue weighted by Crippen LogP contribution is 2.28. The molecule has 1 rings (SSSR count). The third-order valence-electron chi connectivity index (χ3n) is 1.96. The summed E-state index contributed by atoms with van der Waals surface area (Å²) in [7, 11) is 0. The molecule has 0 heterocycles. The van der Waals surface area contributed by atoms with E-state index in [0.717, 1.165) is 18.6 Å². The molecule has 0 spiro atoms. The van der Waals surface area contributed by atoms with Crippen LogP contribution in [0.1, 0.15) is 31.4 Å². The zero-order valence-electron chi connectivity index (χ0n) is 7.73. The molecule has 0 saturated carbocycles. The zero-order valence-corrected chi connectivity index (χ0v) is 9.31. The fraction of sp³-hybridized carbons (Fsp3) is 0.400. The van der Waals surface area contributed by atoms with Crippen LogP contribution in [0.3, 0.4) is 0 Å². The number of hydrogen-bond donors (Lipinski definition) is 1. The van der Waals surface area contributed by atoms with Gasteiger partial charge in [0.25, 0.3) is 0 Å². The molecule has 0 fully saturated rings. The Labute approximate surface area is 89.9 Å². The smallest absolute Gasteiger partial charge is 0.159 e. The molecule has 0 saturated heterocycles. The largest absolute Gasteiger partial charge is 0.388 e. The standard InChI is InChI=1S/C10H11BrF2O/c1-2-3-10(14)6-4-8(12)9(13)5-7(6)11/h4-5,10,14H,2-3H2,1H3. The van der Waals surface area contributed by atoms with Gasteiger partial charge in [-0.15, -0.1) is 0 Å². The maximum atomic E-state index is 12.9. The molecule has 1 aromatic rings. The molecule has 1 unspecified atom stereocenters. The molecule has 1 N–H and O–H groups in total. The second kappa shape index (κ2) is 4.84. The van der Waals surface area contributed by atoms with Crippen molar-refractivity contribution in [3.05, 3.63) is 33.8 Å². The molecule has 4 heteroatoms. The average Bonchev–Trinajstić information content (AvgIpc) is 2.11. The van der Waals surface area contributed by atoms with Gasteiger partial charge in [0, 0.05) is 4.47 Å². The van der Waals surface area contributed by atoms with E-state index >= 15 is 0 Å². The Kier molecular flexibility index (Phi) is 4.01. The van der Waals surface area contributed by atoms with Crippen molar-refractivity contribution >= 4 is 15.9 Å². The lowest BCUT2D eigenvalue weighted by Crippen LogP contribution is -2.00. The molecule has 0 bridgehead atoms. The monoisotopic (exact) mass is 264 g/mol. The van der Waals surface area contributed by atoms with Crippen molar-refractivity contribution in [3.63, 3.8) is 0 Å². The average molecular weight is 265 g/mol. The molecule has 1 nitrogen and oxygen atoms in total. The van der Waals surface area contributed by atoms with Crippen LogP contribution in [0, 0.1) is 11.6 Å². The van der Waals surface area contributed by atoms with Crippen LogP contribution >= 0.6 is 15.9 Å². The summed E-state index contributed by atoms with van der Waals surface area (Å²) in [6.45, 7) is 1.91. The van der Waals surface area contributed by atoms with E-state index in [9.17, 15) is 13.9 Å². The molecule has 1 atom stereocenters. The summed E-state index contributed by atoms with van der Waals surface area (Å²) >= 11 is 3.09. The second-order valence-corrected chi connectivity index (χ2v) is 3.95. The van der Waals surface area contributed by atoms with Crippen LogP contribution in [0.4, 0.5) is 8.78 Å². The molecule has 0 aliphatic rings. The van der Waals surface area contributed by atoms with E-state index in [0.29, 0.717) is 16.5 Å². The van der Waals surface area contributed by atoms with Gasteiger partial charge < -0.3 is 5.11 Å². The molecular weight excluding hydrogens is 254 g/mol. The van der Waals surface area contributed by atoms with E-state index in [1.807, 2.05) is 6.92 Å². The van der Waals surface area contributed by atoms with Crippen LogP contribution in [0.15, 0.2) is 16.6 Å². The first-order valence-electron chi connectivity index (χ1n) is 4.38. The molecule has 0 radical (unpaired) electrons. The van der Waals surface area contributed by atoms with Crippen molar-refractivity contribution in [3.8, 4) is 0 Å². The maximum absolute atomic E-state index is 12.9. The van der Waals surface area contributed by atoms with Crippen molar-refractivity contribution in [2.24, 2.45) is 0 Å². The van der Waals surface area contributed by atoms with E-state index in [4.69, 9.17) is 0 Å². The SMILES string of the molecule is CCCC(O)c1cc(F)c(F)cc1Br. The van der Waals surface area contributed by atoms with Crippen molar-refractivity contribution in [2.75, 3.05) is 0 Å². The molecule has 78 valence electrons. The summed E-state index contributed by atoms with van der Waals surface area (Å²) < 4.78 is 26.0. The predicted octanol–water partition coefficient (Wildman–Crippen LogP) is 3.56. The number of aliphatic hydroxyl groups is 1. The summed E-state index contributed by atoms with van der Waals surface area (Å²) in [5.41, 5.74) is 0.394. The summed E-state index contributed by atoms with van der Waals surface area (Å²) in [6.07, 6.45) is 0.570. The molecule has 14 heavy (non-hydrogen) atoms. The molecule has 0 aromatic heterocycles. The van der Waals surface area contributed by atoms with Gasteiger partial charge in [0.1, 0.15) is 0 Å². The van der Waals surface area contributed by atoms with Crippen molar-refractivity contribution in [1.29, 1.82) is 0 Å². The van der Waals surface area contributed by atoms with Crippen LogP contribution in [-0.4, -0.2) is 5.11 Å². The van der Waals surface area contributed by atoms with Gasteiger partial charge in [-0.3, -0.25) is 0 Å². The highest BCUT2D eigenvalue weighted by Gasteiger charge is 2.14. The molecule has 0 aliphatic heterocycles. The Hall–Kier alpha value is -0.480. The second-order valence-electron chi connectivity index (χ2n) is 3.09. The zero-order chi connectivity index (χ0) is 10.7. The van der Waals surface area contributed by atoms with Crippen LogP contribution in [0.5, 0.6) is 0 Å². The lowest BCUT2D eigenvalue weighted by Gasteiger charge is -2.11. The third-order valence-corrected chi connectivity index (χ3v) is 2.65. The van der Waals surface area contributed by atoms with Crippen molar-refractivity contribution in [2.45, 2.75) is 25.9 Å². The quantitative estimate of drug-likeness (QED) is 0.828. The lowest BCUT2D eigenvalue weighted by atomic mass is 10.1. The number of rotatable bonds is 3. The van der Waals surface area contributed by atoms with Crippen molar-refractivity contribution in [1.82, 2.24) is 0 Å². The van der Waals surface area contributed by atoms with E-state index in [2.05, 4.69) is 15.9 Å². The molecule has 0 aliphatic carbocycles. The summed E-state index contributed by atoms with van der Waals surface area (Å²) in [5.74, 6) is -1.84. The van der Waals surface area contributed by atoms with Gasteiger partial charge in [-0.2, -0.15) is 0 Å². The minimum Gasteiger partial charge on any atom is -0.388 e. The Morgan fingerprint density at radius 2 is 1.93 bits per heavy atom. The van der Waals surface area contributed by atoms with E-state index < -0.39 is 17.7 Å².